The van der Waals surface area contributed by atoms with E-state index in [0.717, 1.165) is 6.54 Å². The number of rotatable bonds is 2. The maximum atomic E-state index is 5.96. The number of hydrogen-bond acceptors (Lipinski definition) is 2. The van der Waals surface area contributed by atoms with Crippen molar-refractivity contribution in [3.63, 3.8) is 0 Å². The molecule has 18 heavy (non-hydrogen) atoms. The molecule has 1 fully saturated rings. The van der Waals surface area contributed by atoms with Gasteiger partial charge in [-0.3, -0.25) is 4.90 Å². The number of piperidine rings is 1. The predicted octanol–water partition coefficient (Wildman–Crippen LogP) is 3.25. The molecule has 0 radical (unpaired) electrons. The number of hydrogen-bond donors (Lipinski definition) is 1. The number of likely N-dealkylation sites (tertiary alicyclic amines) is 1. The number of nitrogens with zero attached hydrogens (tertiary/aromatic N) is 1. The Balaban J connectivity index is 1.89. The lowest BCUT2D eigenvalue weighted by Crippen LogP contribution is -2.45. The van der Waals surface area contributed by atoms with E-state index in [1.165, 1.54) is 54.2 Å². The molecular weight excluding hydrogens is 288 g/mol. The van der Waals surface area contributed by atoms with Crippen LogP contribution >= 0.6 is 15.9 Å². The van der Waals surface area contributed by atoms with E-state index in [-0.39, 0.29) is 0 Å². The maximum absolute atomic E-state index is 5.96. The van der Waals surface area contributed by atoms with Crippen LogP contribution in [-0.2, 0) is 6.42 Å². The molecule has 1 aliphatic heterocycles. The van der Waals surface area contributed by atoms with Crippen LogP contribution in [0.15, 0.2) is 22.7 Å². The molecular formula is C15H21BrN2. The normalized spacial score (nSPS) is 28.3. The Morgan fingerprint density at radius 3 is 3.00 bits per heavy atom. The summed E-state index contributed by atoms with van der Waals surface area (Å²) in [6.07, 6.45) is 6.41. The zero-order chi connectivity index (χ0) is 12.5. The van der Waals surface area contributed by atoms with E-state index in [1.807, 2.05) is 0 Å². The second-order valence-corrected chi connectivity index (χ2v) is 6.34. The van der Waals surface area contributed by atoms with Crippen LogP contribution < -0.4 is 5.73 Å². The van der Waals surface area contributed by atoms with Crippen molar-refractivity contribution in [3.8, 4) is 0 Å². The Labute approximate surface area is 118 Å². The smallest absolute Gasteiger partial charge is 0.0357 e. The van der Waals surface area contributed by atoms with E-state index in [9.17, 15) is 0 Å². The van der Waals surface area contributed by atoms with Crippen LogP contribution in [0.5, 0.6) is 0 Å². The van der Waals surface area contributed by atoms with Gasteiger partial charge in [-0.2, -0.15) is 0 Å². The van der Waals surface area contributed by atoms with Gasteiger partial charge in [-0.1, -0.05) is 34.5 Å². The van der Waals surface area contributed by atoms with Crippen LogP contribution in [0.4, 0.5) is 0 Å². The van der Waals surface area contributed by atoms with Gasteiger partial charge >= 0.3 is 0 Å². The highest BCUT2D eigenvalue weighted by molar-refractivity contribution is 9.10. The fourth-order valence-corrected chi connectivity index (χ4v) is 4.20. The average Bonchev–Trinajstić information content (AvgIpc) is 2.84. The Kier molecular flexibility index (Phi) is 3.73. The van der Waals surface area contributed by atoms with Gasteiger partial charge in [-0.05, 0) is 49.4 Å². The summed E-state index contributed by atoms with van der Waals surface area (Å²) in [6.45, 7) is 2.03. The molecule has 2 atom stereocenters. The van der Waals surface area contributed by atoms with Crippen molar-refractivity contribution in [1.29, 1.82) is 0 Å². The molecule has 1 aliphatic carbocycles. The Hall–Kier alpha value is -0.380. The minimum Gasteiger partial charge on any atom is -0.329 e. The third-order valence-corrected chi connectivity index (χ3v) is 5.27. The van der Waals surface area contributed by atoms with Gasteiger partial charge in [0, 0.05) is 23.1 Å². The minimum absolute atomic E-state index is 0.591. The topological polar surface area (TPSA) is 29.3 Å². The molecule has 0 amide bonds. The van der Waals surface area contributed by atoms with Crippen LogP contribution in [0.25, 0.3) is 0 Å². The quantitative estimate of drug-likeness (QED) is 0.908. The molecule has 2 N–H and O–H groups in total. The van der Waals surface area contributed by atoms with Gasteiger partial charge in [0.25, 0.3) is 0 Å². The van der Waals surface area contributed by atoms with Crippen molar-refractivity contribution < 1.29 is 0 Å². The van der Waals surface area contributed by atoms with Crippen molar-refractivity contribution in [3.05, 3.63) is 33.8 Å². The highest BCUT2D eigenvalue weighted by Crippen LogP contribution is 2.41. The van der Waals surface area contributed by atoms with E-state index in [4.69, 9.17) is 5.73 Å². The van der Waals surface area contributed by atoms with E-state index in [1.54, 1.807) is 0 Å². The standard InChI is InChI=1S/C15H21BrN2/c16-14-6-3-5-13-12(14)7-8-15(13)18-9-2-1-4-11(18)10-17/h3,5-6,11,15H,1-2,4,7-10,17H2. The van der Waals surface area contributed by atoms with Gasteiger partial charge in [0.05, 0.1) is 0 Å². The van der Waals surface area contributed by atoms with Crippen LogP contribution in [-0.4, -0.2) is 24.0 Å². The second-order valence-electron chi connectivity index (χ2n) is 5.49. The number of nitrogens with two attached hydrogens (primary N) is 1. The Morgan fingerprint density at radius 2 is 2.17 bits per heavy atom. The van der Waals surface area contributed by atoms with Crippen LogP contribution in [0.3, 0.4) is 0 Å². The van der Waals surface area contributed by atoms with Crippen LogP contribution in [0.2, 0.25) is 0 Å². The fraction of sp³-hybridized carbons (Fsp3) is 0.600. The van der Waals surface area contributed by atoms with Gasteiger partial charge < -0.3 is 5.73 Å². The third-order valence-electron chi connectivity index (χ3n) is 4.53. The van der Waals surface area contributed by atoms with E-state index < -0.39 is 0 Å². The molecule has 0 bridgehead atoms. The summed E-state index contributed by atoms with van der Waals surface area (Å²) in [5.41, 5.74) is 9.01. The molecule has 0 saturated carbocycles. The molecule has 1 aromatic carbocycles. The van der Waals surface area contributed by atoms with E-state index in [2.05, 4.69) is 39.0 Å². The molecule has 0 spiro atoms. The van der Waals surface area contributed by atoms with Gasteiger partial charge in [0.15, 0.2) is 0 Å². The molecule has 2 nitrogen and oxygen atoms in total. The molecule has 1 aromatic rings. The van der Waals surface area contributed by atoms with Crippen molar-refractivity contribution in [2.24, 2.45) is 5.73 Å². The molecule has 1 saturated heterocycles. The average molecular weight is 309 g/mol. The second kappa shape index (κ2) is 5.32. The Bertz CT molecular complexity index is 433. The molecule has 0 aromatic heterocycles. The number of benzene rings is 1. The van der Waals surface area contributed by atoms with Crippen molar-refractivity contribution in [2.45, 2.75) is 44.2 Å². The summed E-state index contributed by atoms with van der Waals surface area (Å²) >= 11 is 3.69. The van der Waals surface area contributed by atoms with Crippen molar-refractivity contribution >= 4 is 15.9 Å². The highest BCUT2D eigenvalue weighted by Gasteiger charge is 2.33. The predicted molar refractivity (Wildman–Crippen MR) is 78.6 cm³/mol. The monoisotopic (exact) mass is 308 g/mol. The summed E-state index contributed by atoms with van der Waals surface area (Å²) in [5, 5.41) is 0. The number of fused-ring (bicyclic) bond motifs is 1. The molecule has 98 valence electrons. The van der Waals surface area contributed by atoms with Crippen molar-refractivity contribution in [1.82, 2.24) is 4.90 Å². The first-order chi connectivity index (χ1) is 8.81. The van der Waals surface area contributed by atoms with Crippen LogP contribution in [0.1, 0.15) is 42.9 Å². The highest BCUT2D eigenvalue weighted by atomic mass is 79.9. The zero-order valence-corrected chi connectivity index (χ0v) is 12.3. The van der Waals surface area contributed by atoms with Gasteiger partial charge in [0.1, 0.15) is 0 Å². The van der Waals surface area contributed by atoms with E-state index >= 15 is 0 Å². The Morgan fingerprint density at radius 1 is 1.28 bits per heavy atom. The van der Waals surface area contributed by atoms with Gasteiger partial charge in [-0.15, -0.1) is 0 Å². The zero-order valence-electron chi connectivity index (χ0n) is 10.7. The molecule has 3 heteroatoms. The lowest BCUT2D eigenvalue weighted by Gasteiger charge is -2.39. The molecule has 1 heterocycles. The summed E-state index contributed by atoms with van der Waals surface area (Å²) in [4.78, 5) is 2.67. The lowest BCUT2D eigenvalue weighted by atomic mass is 9.97. The lowest BCUT2D eigenvalue weighted by molar-refractivity contribution is 0.0990. The first-order valence-electron chi connectivity index (χ1n) is 7.04. The number of halogens is 1. The summed E-state index contributed by atoms with van der Waals surface area (Å²) < 4.78 is 1.28. The third kappa shape index (κ3) is 2.13. The minimum atomic E-state index is 0.591. The largest absolute Gasteiger partial charge is 0.329 e. The van der Waals surface area contributed by atoms with Gasteiger partial charge in [0.2, 0.25) is 0 Å². The van der Waals surface area contributed by atoms with Crippen LogP contribution in [0, 0.1) is 0 Å². The summed E-state index contributed by atoms with van der Waals surface area (Å²) in [5.74, 6) is 0. The maximum Gasteiger partial charge on any atom is 0.0357 e. The first kappa shape index (κ1) is 12.6. The molecule has 2 aliphatic rings. The molecule has 2 unspecified atom stereocenters. The first-order valence-corrected chi connectivity index (χ1v) is 7.83. The fourth-order valence-electron chi connectivity index (χ4n) is 3.62. The van der Waals surface area contributed by atoms with E-state index in [0.29, 0.717) is 12.1 Å². The van der Waals surface area contributed by atoms with Crippen molar-refractivity contribution in [2.75, 3.05) is 13.1 Å². The SMILES string of the molecule is NCC1CCCCN1C1CCc2c(Br)cccc21. The summed E-state index contributed by atoms with van der Waals surface area (Å²) in [6, 6.07) is 7.83. The summed E-state index contributed by atoms with van der Waals surface area (Å²) in [7, 11) is 0. The molecule has 3 rings (SSSR count). The van der Waals surface area contributed by atoms with Gasteiger partial charge in [-0.25, -0.2) is 0 Å².